The second-order valence-corrected chi connectivity index (χ2v) is 7.32. The summed E-state index contributed by atoms with van der Waals surface area (Å²) in [6.07, 6.45) is 3.05. The van der Waals surface area contributed by atoms with Gasteiger partial charge in [0.15, 0.2) is 0 Å². The van der Waals surface area contributed by atoms with E-state index in [2.05, 4.69) is 0 Å². The van der Waals surface area contributed by atoms with Gasteiger partial charge in [-0.05, 0) is 0 Å². The molecule has 0 saturated heterocycles. The van der Waals surface area contributed by atoms with Gasteiger partial charge in [-0.15, -0.1) is 0 Å². The van der Waals surface area contributed by atoms with Crippen molar-refractivity contribution in [3.63, 3.8) is 0 Å². The maximum atomic E-state index is 9.32. The summed E-state index contributed by atoms with van der Waals surface area (Å²) >= 11 is 28.3. The Kier molecular flexibility index (Phi) is 78.7. The van der Waals surface area contributed by atoms with E-state index in [4.69, 9.17) is 84.9 Å². The van der Waals surface area contributed by atoms with E-state index in [1.807, 2.05) is 40.5 Å². The van der Waals surface area contributed by atoms with Crippen LogP contribution in [-0.4, -0.2) is 67.1 Å². The number of carbonyl (C=O) groups excluding carboxylic acids is 3. The summed E-state index contributed by atoms with van der Waals surface area (Å²) in [5.41, 5.74) is 0. The molecular weight excluding hydrogens is 691 g/mol. The van der Waals surface area contributed by atoms with E-state index in [1.165, 1.54) is 0 Å². The number of halogens is 6. The summed E-state index contributed by atoms with van der Waals surface area (Å²) in [6, 6.07) is 0. The fourth-order valence-electron chi connectivity index (χ4n) is 0.0577. The summed E-state index contributed by atoms with van der Waals surface area (Å²) < 4.78 is 0. The van der Waals surface area contributed by atoms with Gasteiger partial charge < -0.3 is 57.9 Å². The number of hydrogen-bond acceptors (Lipinski definition) is 9. The van der Waals surface area contributed by atoms with Crippen LogP contribution >= 0.6 is 69.6 Å². The molecule has 9 nitrogen and oxygen atoms in total. The summed E-state index contributed by atoms with van der Waals surface area (Å²) in [4.78, 5) is 23.8. The van der Waals surface area contributed by atoms with Crippen LogP contribution in [0, 0.1) is 12.8 Å². The van der Waals surface area contributed by atoms with Crippen LogP contribution in [0.4, 0.5) is 0 Å². The number of alkyl halides is 6. The minimum atomic E-state index is -1.46. The molecule has 0 aliphatic heterocycles. The van der Waals surface area contributed by atoms with Crippen LogP contribution in [0.25, 0.3) is 0 Å². The summed E-state index contributed by atoms with van der Waals surface area (Å²) in [7, 11) is 0. The molecule has 0 saturated carbocycles. The van der Waals surface area contributed by atoms with E-state index < -0.39 is 38.5 Å². The van der Waals surface area contributed by atoms with E-state index >= 15 is 0 Å². The second kappa shape index (κ2) is 46.1. The molecule has 186 valence electrons. The number of carboxylic acid groups (broad SMARTS) is 3. The van der Waals surface area contributed by atoms with Crippen LogP contribution in [0.15, 0.2) is 0 Å². The molecule has 0 aromatic heterocycles. The standard InChI is InChI=1S/C3H8O3.2C3H7.3C2H2Cl2O2.Y.Zn/c4-1-3(6)2-5;2*1-3-2;3*3-1(4)2(5)6;;/h3-6H,1-2H2;2*3H,1-2H3;3*1H,(H,5,6);;/q;2*-1;;;;+3;+2/p-3. The average Bonchev–Trinajstić information content (AvgIpc) is 2.63. The predicted octanol–water partition coefficient (Wildman–Crippen LogP) is -0.592. The third-order valence-corrected chi connectivity index (χ3v) is 2.03. The quantitative estimate of drug-likeness (QED) is 0.190. The summed E-state index contributed by atoms with van der Waals surface area (Å²) in [6.45, 7) is 7.27. The zero-order chi connectivity index (χ0) is 25.9. The fraction of sp³-hybridized carbons (Fsp3) is 0.667. The molecule has 0 rings (SSSR count). The Morgan fingerprint density at radius 3 is 0.781 bits per heavy atom. The van der Waals surface area contributed by atoms with Crippen molar-refractivity contribution >= 4 is 87.5 Å². The number of aliphatic hydroxyl groups excluding tert-OH is 3. The van der Waals surface area contributed by atoms with Gasteiger partial charge in [-0.25, -0.2) is 0 Å². The maximum Gasteiger partial charge on any atom is 3.00 e. The van der Waals surface area contributed by atoms with Crippen molar-refractivity contribution in [2.45, 2.75) is 48.3 Å². The molecule has 0 bridgehead atoms. The Bertz CT molecular complexity index is 337. The molecule has 0 aromatic carbocycles. The zero-order valence-corrected chi connectivity index (χ0v) is 28.1. The van der Waals surface area contributed by atoms with Crippen molar-refractivity contribution in [2.24, 2.45) is 0 Å². The van der Waals surface area contributed by atoms with E-state index in [0.29, 0.717) is 0 Å². The van der Waals surface area contributed by atoms with Crippen molar-refractivity contribution in [2.75, 3.05) is 13.2 Å². The molecule has 0 atom stereocenters. The normalized spacial score (nSPS) is 8.16. The Labute approximate surface area is 256 Å². The van der Waals surface area contributed by atoms with Crippen LogP contribution in [-0.2, 0) is 66.6 Å². The molecule has 0 aliphatic carbocycles. The molecule has 0 aliphatic rings. The smallest absolute Gasteiger partial charge is 0.547 e. The van der Waals surface area contributed by atoms with Gasteiger partial charge in [0.2, 0.25) is 0 Å². The van der Waals surface area contributed by atoms with Crippen molar-refractivity contribution < 1.29 is 97.2 Å². The Morgan fingerprint density at radius 1 is 0.688 bits per heavy atom. The Hall–Kier alpha value is 1.76. The fourth-order valence-corrected chi connectivity index (χ4v) is 0.0577. The zero-order valence-electron chi connectivity index (χ0n) is 17.7. The first-order valence-electron chi connectivity index (χ1n) is 7.42. The molecule has 0 spiro atoms. The van der Waals surface area contributed by atoms with Crippen molar-refractivity contribution in [1.29, 1.82) is 0 Å². The van der Waals surface area contributed by atoms with E-state index in [1.54, 1.807) is 0 Å². The van der Waals surface area contributed by atoms with Gasteiger partial charge in [0, 0.05) is 0 Å². The molecule has 0 radical (unpaired) electrons. The van der Waals surface area contributed by atoms with Crippen molar-refractivity contribution in [3.8, 4) is 0 Å². The topological polar surface area (TPSA) is 181 Å². The van der Waals surface area contributed by atoms with E-state index in [9.17, 15) is 29.7 Å². The molecule has 32 heavy (non-hydrogen) atoms. The third-order valence-electron chi connectivity index (χ3n) is 0.956. The number of carbonyl (C=O) groups is 3. The van der Waals surface area contributed by atoms with Gasteiger partial charge in [0.05, 0.1) is 31.1 Å². The van der Waals surface area contributed by atoms with Crippen molar-refractivity contribution in [3.05, 3.63) is 12.8 Å². The Balaban J connectivity index is -0.0000000363. The van der Waals surface area contributed by atoms with Gasteiger partial charge in [-0.2, -0.15) is 27.7 Å². The third kappa shape index (κ3) is 95.3. The first-order chi connectivity index (χ1) is 13.6. The van der Waals surface area contributed by atoms with Gasteiger partial charge >= 0.3 is 52.2 Å². The van der Waals surface area contributed by atoms with Gasteiger partial charge in [-0.3, -0.25) is 0 Å². The molecule has 0 aromatic rings. The molecular formula is C15H25Cl6O9YZn. The van der Waals surface area contributed by atoms with Crippen molar-refractivity contribution in [1.82, 2.24) is 0 Å². The summed E-state index contributed by atoms with van der Waals surface area (Å²) in [5, 5.41) is 52.0. The van der Waals surface area contributed by atoms with Crippen LogP contribution in [0.5, 0.6) is 0 Å². The molecule has 17 heteroatoms. The second-order valence-electron chi connectivity index (χ2n) is 4.03. The Morgan fingerprint density at radius 2 is 0.781 bits per heavy atom. The molecule has 3 N–H and O–H groups in total. The molecule has 0 fully saturated rings. The van der Waals surface area contributed by atoms with E-state index in [-0.39, 0.29) is 65.4 Å². The molecule has 0 amide bonds. The number of hydrogen-bond donors (Lipinski definition) is 3. The van der Waals surface area contributed by atoms with Gasteiger partial charge in [0.25, 0.3) is 0 Å². The maximum absolute atomic E-state index is 9.32. The predicted molar refractivity (Wildman–Crippen MR) is 113 cm³/mol. The van der Waals surface area contributed by atoms with Gasteiger partial charge in [0.1, 0.15) is 20.6 Å². The number of carboxylic acids is 3. The summed E-state index contributed by atoms with van der Waals surface area (Å²) in [5.74, 6) is -4.38. The minimum absolute atomic E-state index is 0. The molecule has 0 heterocycles. The van der Waals surface area contributed by atoms with Gasteiger partial charge in [-0.1, -0.05) is 69.6 Å². The molecule has 0 unspecified atom stereocenters. The minimum Gasteiger partial charge on any atom is -0.547 e. The number of aliphatic carboxylic acids is 3. The van der Waals surface area contributed by atoms with E-state index in [0.717, 1.165) is 0 Å². The SMILES string of the molecule is C[CH-]C.C[CH-]C.O=C([O-])C(Cl)Cl.O=C([O-])C(Cl)Cl.O=C([O-])C(Cl)Cl.OCC(O)CO.[Y+3].[Zn+2]. The monoisotopic (exact) mass is 712 g/mol. The van der Waals surface area contributed by atoms with Crippen LogP contribution in [0.3, 0.4) is 0 Å². The number of rotatable bonds is 5. The van der Waals surface area contributed by atoms with Crippen LogP contribution in [0.1, 0.15) is 27.7 Å². The largest absolute Gasteiger partial charge is 3.00 e. The first kappa shape index (κ1) is 54.6. The van der Waals surface area contributed by atoms with Crippen LogP contribution < -0.4 is 15.3 Å². The first-order valence-corrected chi connectivity index (χ1v) is 10.0. The average molecular weight is 716 g/mol. The number of aliphatic hydroxyl groups is 3. The van der Waals surface area contributed by atoms with Crippen LogP contribution in [0.2, 0.25) is 0 Å².